The maximum atomic E-state index is 12.6. The Morgan fingerprint density at radius 2 is 1.90 bits per heavy atom. The Hall–Kier alpha value is -2.42. The van der Waals surface area contributed by atoms with Crippen LogP contribution in [0, 0.1) is 11.3 Å². The molecular weight excluding hydrogens is 281 g/mol. The van der Waals surface area contributed by atoms with Crippen molar-refractivity contribution in [3.05, 3.63) is 53.0 Å². The lowest BCUT2D eigenvalue weighted by atomic mass is 10.1. The van der Waals surface area contributed by atoms with Gasteiger partial charge in [-0.3, -0.25) is 0 Å². The number of nitriles is 1. The molecule has 1 aromatic heterocycles. The number of anilines is 1. The van der Waals surface area contributed by atoms with Gasteiger partial charge >= 0.3 is 6.18 Å². The Labute approximate surface area is 120 Å². The first-order valence-electron chi connectivity index (χ1n) is 6.37. The van der Waals surface area contributed by atoms with Crippen LogP contribution in [0.15, 0.2) is 34.7 Å². The summed E-state index contributed by atoms with van der Waals surface area (Å²) in [7, 11) is 0. The van der Waals surface area contributed by atoms with Crippen molar-refractivity contribution in [2.24, 2.45) is 0 Å². The van der Waals surface area contributed by atoms with E-state index in [0.717, 1.165) is 24.3 Å². The van der Waals surface area contributed by atoms with Gasteiger partial charge in [0.05, 0.1) is 23.4 Å². The van der Waals surface area contributed by atoms with Gasteiger partial charge in [0.2, 0.25) is 0 Å². The predicted molar refractivity (Wildman–Crippen MR) is 71.6 cm³/mol. The van der Waals surface area contributed by atoms with Crippen LogP contribution in [-0.2, 0) is 19.1 Å². The number of furan rings is 1. The van der Waals surface area contributed by atoms with Crippen LogP contribution in [0.2, 0.25) is 0 Å². The summed E-state index contributed by atoms with van der Waals surface area (Å²) in [5.41, 5.74) is -0.539. The molecule has 110 valence electrons. The van der Waals surface area contributed by atoms with Crippen LogP contribution in [0.4, 0.5) is 18.9 Å². The highest BCUT2D eigenvalue weighted by Gasteiger charge is 2.31. The number of benzene rings is 1. The van der Waals surface area contributed by atoms with E-state index < -0.39 is 11.7 Å². The van der Waals surface area contributed by atoms with Gasteiger partial charge in [-0.1, -0.05) is 6.92 Å². The van der Waals surface area contributed by atoms with Gasteiger partial charge in [0.15, 0.2) is 0 Å². The zero-order valence-corrected chi connectivity index (χ0v) is 11.3. The molecule has 0 radical (unpaired) electrons. The van der Waals surface area contributed by atoms with E-state index in [0.29, 0.717) is 18.0 Å². The van der Waals surface area contributed by atoms with E-state index >= 15 is 0 Å². The molecule has 1 heterocycles. The van der Waals surface area contributed by atoms with Crippen LogP contribution in [0.1, 0.15) is 29.6 Å². The molecule has 0 fully saturated rings. The van der Waals surface area contributed by atoms with Crippen molar-refractivity contribution in [1.82, 2.24) is 0 Å². The maximum Gasteiger partial charge on any atom is 0.416 e. The zero-order chi connectivity index (χ0) is 15.5. The smallest absolute Gasteiger partial charge is 0.416 e. The first-order valence-corrected chi connectivity index (χ1v) is 6.37. The van der Waals surface area contributed by atoms with Gasteiger partial charge in [0.1, 0.15) is 17.6 Å². The Morgan fingerprint density at radius 1 is 1.19 bits per heavy atom. The topological polar surface area (TPSA) is 49.0 Å². The highest BCUT2D eigenvalue weighted by Crippen LogP contribution is 2.31. The average Bonchev–Trinajstić information content (AvgIpc) is 2.92. The summed E-state index contributed by atoms with van der Waals surface area (Å²) in [6, 6.07) is 8.44. The maximum absolute atomic E-state index is 12.6. The summed E-state index contributed by atoms with van der Waals surface area (Å²) >= 11 is 0. The zero-order valence-electron chi connectivity index (χ0n) is 11.3. The Morgan fingerprint density at radius 3 is 2.48 bits per heavy atom. The molecule has 0 spiro atoms. The Balaban J connectivity index is 2.15. The fourth-order valence-corrected chi connectivity index (χ4v) is 1.86. The summed E-state index contributed by atoms with van der Waals surface area (Å²) in [4.78, 5) is 0. The fraction of sp³-hybridized carbons (Fsp3) is 0.267. The lowest BCUT2D eigenvalue weighted by Gasteiger charge is -2.11. The van der Waals surface area contributed by atoms with E-state index in [-0.39, 0.29) is 5.56 Å². The van der Waals surface area contributed by atoms with Gasteiger partial charge in [0.25, 0.3) is 0 Å². The second kappa shape index (κ2) is 5.92. The highest BCUT2D eigenvalue weighted by atomic mass is 19.4. The second-order valence-corrected chi connectivity index (χ2v) is 4.45. The molecule has 0 saturated heterocycles. The third-order valence-electron chi connectivity index (χ3n) is 2.99. The molecule has 0 saturated carbocycles. The fourth-order valence-electron chi connectivity index (χ4n) is 1.86. The lowest BCUT2D eigenvalue weighted by Crippen LogP contribution is -2.07. The molecule has 2 rings (SSSR count). The van der Waals surface area contributed by atoms with Crippen LogP contribution in [0.25, 0.3) is 0 Å². The van der Waals surface area contributed by atoms with Crippen molar-refractivity contribution in [3.8, 4) is 6.07 Å². The molecule has 0 bridgehead atoms. The summed E-state index contributed by atoms with van der Waals surface area (Å²) < 4.78 is 43.2. The molecule has 0 aliphatic rings. The van der Waals surface area contributed by atoms with E-state index in [1.54, 1.807) is 12.1 Å². The van der Waals surface area contributed by atoms with Crippen LogP contribution in [0.5, 0.6) is 0 Å². The number of nitrogens with one attached hydrogen (secondary N) is 1. The summed E-state index contributed by atoms with van der Waals surface area (Å²) in [5, 5.41) is 11.9. The molecule has 3 nitrogen and oxygen atoms in total. The van der Waals surface area contributed by atoms with Gasteiger partial charge in [-0.05, 0) is 30.3 Å². The van der Waals surface area contributed by atoms with Crippen LogP contribution < -0.4 is 5.32 Å². The van der Waals surface area contributed by atoms with Crippen LogP contribution in [-0.4, -0.2) is 0 Å². The number of hydrogen-bond donors (Lipinski definition) is 1. The average molecular weight is 294 g/mol. The van der Waals surface area contributed by atoms with Crippen molar-refractivity contribution in [3.63, 3.8) is 0 Å². The van der Waals surface area contributed by atoms with Gasteiger partial charge < -0.3 is 9.73 Å². The Kier molecular flexibility index (Phi) is 4.22. The molecule has 6 heteroatoms. The number of alkyl halides is 3. The molecule has 1 aromatic carbocycles. The quantitative estimate of drug-likeness (QED) is 0.912. The summed E-state index contributed by atoms with van der Waals surface area (Å²) in [6.45, 7) is 2.26. The SMILES string of the molecule is CCc1ccc(CNc2ccc(C(F)(F)F)cc2C#N)o1. The van der Waals surface area contributed by atoms with E-state index in [4.69, 9.17) is 9.68 Å². The molecule has 21 heavy (non-hydrogen) atoms. The summed E-state index contributed by atoms with van der Waals surface area (Å²) in [5.74, 6) is 1.50. The first kappa shape index (κ1) is 15.0. The second-order valence-electron chi connectivity index (χ2n) is 4.45. The van der Waals surface area contributed by atoms with E-state index in [1.165, 1.54) is 6.07 Å². The van der Waals surface area contributed by atoms with Crippen molar-refractivity contribution in [2.45, 2.75) is 26.1 Å². The summed E-state index contributed by atoms with van der Waals surface area (Å²) in [6.07, 6.45) is -3.69. The molecular formula is C15H13F3N2O. The molecule has 0 unspecified atom stereocenters. The molecule has 0 aliphatic heterocycles. The standard InChI is InChI=1S/C15H13F3N2O/c1-2-12-4-5-13(21-12)9-20-14-6-3-11(15(16,17)18)7-10(14)8-19/h3-7,20H,2,9H2,1H3. The first-order chi connectivity index (χ1) is 9.94. The molecule has 1 N–H and O–H groups in total. The lowest BCUT2D eigenvalue weighted by molar-refractivity contribution is -0.137. The van der Waals surface area contributed by atoms with E-state index in [9.17, 15) is 13.2 Å². The van der Waals surface area contributed by atoms with Crippen molar-refractivity contribution in [1.29, 1.82) is 5.26 Å². The molecule has 0 atom stereocenters. The minimum atomic E-state index is -4.46. The van der Waals surface area contributed by atoms with Crippen LogP contribution in [0.3, 0.4) is 0 Å². The predicted octanol–water partition coefficient (Wildman–Crippen LogP) is 4.34. The molecule has 2 aromatic rings. The molecule has 0 amide bonds. The highest BCUT2D eigenvalue weighted by molar-refractivity contribution is 5.59. The van der Waals surface area contributed by atoms with Gasteiger partial charge in [-0.15, -0.1) is 0 Å². The number of nitrogens with zero attached hydrogens (tertiary/aromatic N) is 1. The van der Waals surface area contributed by atoms with Crippen molar-refractivity contribution >= 4 is 5.69 Å². The monoisotopic (exact) mass is 294 g/mol. The van der Waals surface area contributed by atoms with E-state index in [1.807, 2.05) is 13.0 Å². The number of aryl methyl sites for hydroxylation is 1. The third kappa shape index (κ3) is 3.57. The minimum Gasteiger partial charge on any atom is -0.464 e. The minimum absolute atomic E-state index is 0.0490. The van der Waals surface area contributed by atoms with Crippen LogP contribution >= 0.6 is 0 Å². The van der Waals surface area contributed by atoms with Gasteiger partial charge in [-0.25, -0.2) is 0 Å². The number of rotatable bonds is 4. The molecule has 0 aliphatic carbocycles. The van der Waals surface area contributed by atoms with E-state index in [2.05, 4.69) is 5.32 Å². The number of hydrogen-bond acceptors (Lipinski definition) is 3. The largest absolute Gasteiger partial charge is 0.464 e. The van der Waals surface area contributed by atoms with Gasteiger partial charge in [-0.2, -0.15) is 18.4 Å². The number of halogens is 3. The van der Waals surface area contributed by atoms with Crippen molar-refractivity contribution in [2.75, 3.05) is 5.32 Å². The van der Waals surface area contributed by atoms with Gasteiger partial charge in [0, 0.05) is 6.42 Å². The normalized spacial score (nSPS) is 11.2. The van der Waals surface area contributed by atoms with Crippen molar-refractivity contribution < 1.29 is 17.6 Å². The Bertz CT molecular complexity index is 668. The third-order valence-corrected chi connectivity index (χ3v) is 2.99.